The fourth-order valence-electron chi connectivity index (χ4n) is 9.58. The molecule has 0 bridgehead atoms. The van der Waals surface area contributed by atoms with Gasteiger partial charge in [-0.15, -0.1) is 0 Å². The lowest BCUT2D eigenvalue weighted by Gasteiger charge is -2.66. The average Bonchev–Trinajstić information content (AvgIpc) is 3.34. The molecule has 0 aromatic carbocycles. The molecule has 0 amide bonds. The molecule has 8 heteroatoms. The molecule has 38 heavy (non-hydrogen) atoms. The van der Waals surface area contributed by atoms with Crippen LogP contribution in [0.25, 0.3) is 0 Å². The van der Waals surface area contributed by atoms with Crippen LogP contribution in [0, 0.1) is 39.9 Å². The predicted molar refractivity (Wildman–Crippen MR) is 136 cm³/mol. The number of carbonyl (C=O) groups is 4. The van der Waals surface area contributed by atoms with Gasteiger partial charge in [0.1, 0.15) is 17.8 Å². The normalized spacial score (nSPS) is 45.0. The highest BCUT2D eigenvalue weighted by Crippen LogP contribution is 2.72. The molecular weight excluding hydrogens is 488 g/mol. The molecule has 0 unspecified atom stereocenters. The minimum Gasteiger partial charge on any atom is -0.465 e. The van der Waals surface area contributed by atoms with Gasteiger partial charge < -0.3 is 18.9 Å². The van der Waals surface area contributed by atoms with Gasteiger partial charge in [0.05, 0.1) is 13.0 Å². The Hall–Kier alpha value is -2.64. The second-order valence-corrected chi connectivity index (χ2v) is 13.2. The summed E-state index contributed by atoms with van der Waals surface area (Å²) < 4.78 is 23.5. The Morgan fingerprint density at radius 1 is 1.03 bits per heavy atom. The van der Waals surface area contributed by atoms with Crippen molar-refractivity contribution in [2.45, 2.75) is 92.0 Å². The highest BCUT2D eigenvalue weighted by atomic mass is 16.6. The number of cyclic esters (lactones) is 2. The fraction of sp³-hybridized carbons (Fsp3) is 0.733. The zero-order valence-electron chi connectivity index (χ0n) is 23.5. The molecule has 0 N–H and O–H groups in total. The van der Waals surface area contributed by atoms with E-state index in [0.717, 1.165) is 19.3 Å². The average molecular weight is 529 g/mol. The van der Waals surface area contributed by atoms with Crippen LogP contribution in [0.1, 0.15) is 74.1 Å². The second kappa shape index (κ2) is 8.68. The molecule has 3 aliphatic carbocycles. The Labute approximate surface area is 224 Å². The fourth-order valence-corrected chi connectivity index (χ4v) is 9.58. The van der Waals surface area contributed by atoms with Crippen LogP contribution in [0.5, 0.6) is 0 Å². The first kappa shape index (κ1) is 26.9. The van der Waals surface area contributed by atoms with Crippen LogP contribution in [0.2, 0.25) is 0 Å². The third-order valence-electron chi connectivity index (χ3n) is 10.6. The second-order valence-electron chi connectivity index (χ2n) is 13.2. The number of allylic oxidation sites excluding steroid dienone is 2. The Morgan fingerprint density at radius 3 is 2.32 bits per heavy atom. The van der Waals surface area contributed by atoms with E-state index in [1.165, 1.54) is 25.5 Å². The van der Waals surface area contributed by atoms with Gasteiger partial charge in [-0.2, -0.15) is 0 Å². The van der Waals surface area contributed by atoms with E-state index in [1.54, 1.807) is 0 Å². The van der Waals surface area contributed by atoms with Gasteiger partial charge >= 0.3 is 23.9 Å². The first-order valence-corrected chi connectivity index (χ1v) is 13.8. The molecular formula is C30H40O8. The number of fused-ring (bicyclic) bond motifs is 5. The van der Waals surface area contributed by atoms with E-state index in [0.29, 0.717) is 13.0 Å². The number of esters is 4. The molecule has 9 atom stereocenters. The smallest absolute Gasteiger partial charge is 0.330 e. The van der Waals surface area contributed by atoms with Crippen LogP contribution >= 0.6 is 0 Å². The van der Waals surface area contributed by atoms with E-state index < -0.39 is 52.5 Å². The highest BCUT2D eigenvalue weighted by molar-refractivity contribution is 5.83. The van der Waals surface area contributed by atoms with Crippen molar-refractivity contribution in [3.05, 3.63) is 23.8 Å². The largest absolute Gasteiger partial charge is 0.465 e. The standard InChI is InChI=1S/C30H40O8/c1-16(31)36-24-25-27(3,4)38-22(33)11-13-29(25,6)21-10-12-28(5)19(18-14-23(34)35-15-18)8-9-20(28)30(21,7)26(24)37-17(2)32/h9,11,13,18-19,21,24-26H,8,10,12,14-15H2,1-7H3/t18-,19-,21+,24+,25-,26+,28-,29+,30-/m0/s1. The van der Waals surface area contributed by atoms with Crippen LogP contribution in [0.4, 0.5) is 0 Å². The molecule has 5 rings (SSSR count). The van der Waals surface area contributed by atoms with E-state index in [-0.39, 0.29) is 29.1 Å². The molecule has 208 valence electrons. The minimum atomic E-state index is -0.996. The lowest BCUT2D eigenvalue weighted by Crippen LogP contribution is -2.70. The van der Waals surface area contributed by atoms with Gasteiger partial charge in [-0.25, -0.2) is 4.79 Å². The first-order valence-electron chi connectivity index (χ1n) is 13.8. The van der Waals surface area contributed by atoms with Gasteiger partial charge in [0, 0.05) is 42.6 Å². The molecule has 2 aliphatic heterocycles. The van der Waals surface area contributed by atoms with Crippen LogP contribution < -0.4 is 0 Å². The molecule has 0 spiro atoms. The van der Waals surface area contributed by atoms with Crippen LogP contribution in [0.15, 0.2) is 23.8 Å². The van der Waals surface area contributed by atoms with Crippen molar-refractivity contribution in [3.8, 4) is 0 Å². The molecule has 8 nitrogen and oxygen atoms in total. The summed E-state index contributed by atoms with van der Waals surface area (Å²) in [5, 5.41) is 0. The van der Waals surface area contributed by atoms with E-state index in [2.05, 4.69) is 26.8 Å². The first-order chi connectivity index (χ1) is 17.6. The molecule has 0 aromatic rings. The summed E-state index contributed by atoms with van der Waals surface area (Å²) in [5.74, 6) is -1.64. The zero-order chi connectivity index (χ0) is 27.8. The maximum absolute atomic E-state index is 12.7. The van der Waals surface area contributed by atoms with Crippen molar-refractivity contribution >= 4 is 23.9 Å². The van der Waals surface area contributed by atoms with Gasteiger partial charge in [0.15, 0.2) is 0 Å². The molecule has 2 heterocycles. The van der Waals surface area contributed by atoms with Gasteiger partial charge in [0.2, 0.25) is 0 Å². The quantitative estimate of drug-likeness (QED) is 0.303. The summed E-state index contributed by atoms with van der Waals surface area (Å²) in [7, 11) is 0. The summed E-state index contributed by atoms with van der Waals surface area (Å²) in [4.78, 5) is 49.9. The van der Waals surface area contributed by atoms with Crippen LogP contribution in [-0.2, 0) is 38.1 Å². The summed E-state index contributed by atoms with van der Waals surface area (Å²) in [5.41, 5.74) is -1.33. The lowest BCUT2D eigenvalue weighted by atomic mass is 9.39. The molecule has 2 saturated carbocycles. The van der Waals surface area contributed by atoms with Crippen molar-refractivity contribution in [2.75, 3.05) is 6.61 Å². The van der Waals surface area contributed by atoms with E-state index in [1.807, 2.05) is 19.9 Å². The summed E-state index contributed by atoms with van der Waals surface area (Å²) in [6.07, 6.45) is 7.04. The van der Waals surface area contributed by atoms with E-state index >= 15 is 0 Å². The van der Waals surface area contributed by atoms with Crippen molar-refractivity contribution in [1.29, 1.82) is 0 Å². The van der Waals surface area contributed by atoms with Crippen LogP contribution in [-0.4, -0.2) is 48.3 Å². The monoisotopic (exact) mass is 528 g/mol. The van der Waals surface area contributed by atoms with Gasteiger partial charge in [-0.1, -0.05) is 38.5 Å². The van der Waals surface area contributed by atoms with E-state index in [4.69, 9.17) is 18.9 Å². The maximum Gasteiger partial charge on any atom is 0.330 e. The van der Waals surface area contributed by atoms with Gasteiger partial charge in [0.25, 0.3) is 0 Å². The molecule has 0 aromatic heterocycles. The Balaban J connectivity index is 1.69. The Bertz CT molecular complexity index is 1140. The Morgan fingerprint density at radius 2 is 1.71 bits per heavy atom. The predicted octanol–water partition coefficient (Wildman–Crippen LogP) is 4.31. The van der Waals surface area contributed by atoms with Crippen LogP contribution in [0.3, 0.4) is 0 Å². The minimum absolute atomic E-state index is 0.0271. The molecule has 1 saturated heterocycles. The number of ether oxygens (including phenoxy) is 4. The number of carbonyl (C=O) groups excluding carboxylic acids is 4. The molecule has 3 fully saturated rings. The number of rotatable bonds is 3. The summed E-state index contributed by atoms with van der Waals surface area (Å²) in [6, 6.07) is 0. The molecule has 0 radical (unpaired) electrons. The number of hydrogen-bond donors (Lipinski definition) is 0. The third kappa shape index (κ3) is 3.76. The van der Waals surface area contributed by atoms with Crippen molar-refractivity contribution in [3.63, 3.8) is 0 Å². The van der Waals surface area contributed by atoms with Gasteiger partial charge in [-0.3, -0.25) is 14.4 Å². The van der Waals surface area contributed by atoms with Crippen molar-refractivity contribution < 1.29 is 38.1 Å². The SMILES string of the molecule is CC(=O)O[C@H]1[C@@H](OC(C)=O)[C@@]2(C)C3=CC[C@@H]([C@@H]4COC(=O)C4)[C@]3(C)CC[C@@H]2[C@@]2(C)C=CC(=O)OC(C)(C)[C@H]12. The van der Waals surface area contributed by atoms with Gasteiger partial charge in [-0.05, 0) is 50.4 Å². The summed E-state index contributed by atoms with van der Waals surface area (Å²) >= 11 is 0. The lowest BCUT2D eigenvalue weighted by molar-refractivity contribution is -0.248. The highest BCUT2D eigenvalue weighted by Gasteiger charge is 2.72. The van der Waals surface area contributed by atoms with E-state index in [9.17, 15) is 19.2 Å². The van der Waals surface area contributed by atoms with Crippen molar-refractivity contribution in [1.82, 2.24) is 0 Å². The topological polar surface area (TPSA) is 105 Å². The zero-order valence-corrected chi connectivity index (χ0v) is 23.5. The summed E-state index contributed by atoms with van der Waals surface area (Å²) in [6.45, 7) is 13.4. The molecule has 5 aliphatic rings. The third-order valence-corrected chi connectivity index (χ3v) is 10.6. The Kier molecular flexibility index (Phi) is 6.16. The van der Waals surface area contributed by atoms with Crippen molar-refractivity contribution in [2.24, 2.45) is 39.9 Å². The number of hydrogen-bond acceptors (Lipinski definition) is 8. The maximum atomic E-state index is 12.7.